The number of ether oxygens (including phenoxy) is 2. The normalized spacial score (nSPS) is 23.7. The first-order valence-corrected chi connectivity index (χ1v) is 14.2. The monoisotopic (exact) mass is 585 g/mol. The first-order valence-electron chi connectivity index (χ1n) is 13.3. The molecular formula is C27H34F3N3O6S. The van der Waals surface area contributed by atoms with Crippen LogP contribution in [0, 0.1) is 5.92 Å². The van der Waals surface area contributed by atoms with E-state index in [1.807, 2.05) is 17.9 Å². The Morgan fingerprint density at radius 1 is 1.27 bits per heavy atom. The SMILES string of the molecule is COC(=O)NCCCC1C=C([C@@H](C)N(C(=O)[C@H]2CNCCO2)C2CC2)SC1c1cc(C(=O)O)cc(C(F)(F)F)c1. The number of nitrogens with one attached hydrogen (secondary N) is 2. The maximum absolute atomic E-state index is 13.7. The summed E-state index contributed by atoms with van der Waals surface area (Å²) in [6.45, 7) is 3.75. The minimum Gasteiger partial charge on any atom is -0.478 e. The van der Waals surface area contributed by atoms with E-state index in [4.69, 9.17) is 4.74 Å². The maximum atomic E-state index is 13.7. The fourth-order valence-corrected chi connectivity index (χ4v) is 6.65. The fraction of sp³-hybridized carbons (Fsp3) is 0.593. The van der Waals surface area contributed by atoms with Crippen molar-refractivity contribution in [2.75, 3.05) is 33.4 Å². The second-order valence-electron chi connectivity index (χ2n) is 10.2. The number of carboxylic acid groups (broad SMARTS) is 1. The Kier molecular flexibility index (Phi) is 9.68. The molecule has 4 atom stereocenters. The van der Waals surface area contributed by atoms with Crippen molar-refractivity contribution in [3.8, 4) is 0 Å². The van der Waals surface area contributed by atoms with Gasteiger partial charge in [-0.3, -0.25) is 4.79 Å². The minimum absolute atomic E-state index is 0.0726. The van der Waals surface area contributed by atoms with Crippen molar-refractivity contribution in [3.05, 3.63) is 45.9 Å². The molecule has 1 saturated carbocycles. The van der Waals surface area contributed by atoms with Crippen molar-refractivity contribution in [1.82, 2.24) is 15.5 Å². The highest BCUT2D eigenvalue weighted by atomic mass is 32.2. The number of carbonyl (C=O) groups is 3. The van der Waals surface area contributed by atoms with Gasteiger partial charge in [-0.1, -0.05) is 6.08 Å². The third-order valence-corrected chi connectivity index (χ3v) is 8.91. The van der Waals surface area contributed by atoms with Gasteiger partial charge in [-0.05, 0) is 62.3 Å². The van der Waals surface area contributed by atoms with Crippen LogP contribution in [0.2, 0.25) is 0 Å². The van der Waals surface area contributed by atoms with Gasteiger partial charge in [0.05, 0.1) is 30.9 Å². The van der Waals surface area contributed by atoms with Crippen LogP contribution in [-0.4, -0.2) is 79.5 Å². The Balaban J connectivity index is 1.61. The molecule has 9 nitrogen and oxygen atoms in total. The summed E-state index contributed by atoms with van der Waals surface area (Å²) in [6.07, 6.45) is -1.12. The number of amides is 2. The molecule has 1 aromatic carbocycles. The number of benzene rings is 1. The summed E-state index contributed by atoms with van der Waals surface area (Å²) in [4.78, 5) is 39.3. The molecule has 0 aromatic heterocycles. The number of hydrogen-bond acceptors (Lipinski definition) is 7. The molecule has 0 bridgehead atoms. The lowest BCUT2D eigenvalue weighted by Gasteiger charge is -2.34. The standard InChI is InChI=1S/C27H34F3N3O6S/c1-15(33(20-5-6-20)24(34)21-14-31-8-9-39-21)22-13-16(4-3-7-32-26(37)38-2)23(40-22)17-10-18(25(35)36)12-19(11-17)27(28,29)30/h10-13,15-16,20-21,23,31H,3-9,14H2,1-2H3,(H,32,37)(H,35,36)/t15-,16?,21-,23?/m1/s1. The van der Waals surface area contributed by atoms with E-state index in [2.05, 4.69) is 15.4 Å². The van der Waals surface area contributed by atoms with E-state index < -0.39 is 40.7 Å². The van der Waals surface area contributed by atoms with Crippen molar-refractivity contribution < 1.29 is 42.1 Å². The van der Waals surface area contributed by atoms with E-state index in [-0.39, 0.29) is 29.5 Å². The third-order valence-electron chi connectivity index (χ3n) is 7.28. The lowest BCUT2D eigenvalue weighted by molar-refractivity contribution is -0.147. The second-order valence-corrected chi connectivity index (χ2v) is 11.4. The number of carbonyl (C=O) groups excluding carboxylic acids is 2. The lowest BCUT2D eigenvalue weighted by Crippen LogP contribution is -2.52. The number of allylic oxidation sites excluding steroid dienone is 1. The number of methoxy groups -OCH3 is 1. The summed E-state index contributed by atoms with van der Waals surface area (Å²) >= 11 is 1.36. The Bertz CT molecular complexity index is 1140. The topological polar surface area (TPSA) is 117 Å². The molecule has 1 saturated heterocycles. The van der Waals surface area contributed by atoms with Gasteiger partial charge < -0.3 is 30.1 Å². The van der Waals surface area contributed by atoms with Crippen molar-refractivity contribution in [2.45, 2.75) is 62.2 Å². The molecule has 2 heterocycles. The fourth-order valence-electron chi connectivity index (χ4n) is 5.13. The van der Waals surface area contributed by atoms with Gasteiger partial charge in [0.25, 0.3) is 5.91 Å². The van der Waals surface area contributed by atoms with E-state index in [1.165, 1.54) is 24.9 Å². The molecule has 220 valence electrons. The molecule has 3 N–H and O–H groups in total. The zero-order chi connectivity index (χ0) is 29.0. The molecule has 2 amide bonds. The molecular weight excluding hydrogens is 551 g/mol. The molecule has 2 aliphatic heterocycles. The zero-order valence-corrected chi connectivity index (χ0v) is 23.1. The average Bonchev–Trinajstić information content (AvgIpc) is 3.67. The lowest BCUT2D eigenvalue weighted by atomic mass is 9.91. The van der Waals surface area contributed by atoms with Crippen LogP contribution in [0.15, 0.2) is 29.2 Å². The predicted octanol–water partition coefficient (Wildman–Crippen LogP) is 4.20. The largest absolute Gasteiger partial charge is 0.478 e. The first-order chi connectivity index (χ1) is 19.0. The second kappa shape index (κ2) is 12.8. The van der Waals surface area contributed by atoms with Gasteiger partial charge in [-0.2, -0.15) is 13.2 Å². The number of carboxylic acids is 1. The predicted molar refractivity (Wildman–Crippen MR) is 142 cm³/mol. The smallest absolute Gasteiger partial charge is 0.416 e. The number of alkyl halides is 3. The highest BCUT2D eigenvalue weighted by Crippen LogP contribution is 2.52. The molecule has 0 radical (unpaired) electrons. The minimum atomic E-state index is -4.71. The summed E-state index contributed by atoms with van der Waals surface area (Å²) in [6, 6.07) is 2.69. The summed E-state index contributed by atoms with van der Waals surface area (Å²) in [7, 11) is 1.25. The molecule has 13 heteroatoms. The van der Waals surface area contributed by atoms with Crippen LogP contribution in [-0.2, 0) is 20.4 Å². The van der Waals surface area contributed by atoms with Gasteiger partial charge in [-0.15, -0.1) is 11.8 Å². The van der Waals surface area contributed by atoms with Crippen molar-refractivity contribution >= 4 is 29.7 Å². The Morgan fingerprint density at radius 2 is 2.02 bits per heavy atom. The number of thioether (sulfide) groups is 1. The number of aromatic carboxylic acids is 1. The molecule has 1 aromatic rings. The van der Waals surface area contributed by atoms with Crippen LogP contribution >= 0.6 is 11.8 Å². The van der Waals surface area contributed by atoms with Crippen molar-refractivity contribution in [3.63, 3.8) is 0 Å². The molecule has 4 rings (SSSR count). The quantitative estimate of drug-likeness (QED) is 0.350. The molecule has 40 heavy (non-hydrogen) atoms. The van der Waals surface area contributed by atoms with Crippen LogP contribution in [0.1, 0.15) is 59.3 Å². The molecule has 1 aliphatic carbocycles. The number of nitrogens with zero attached hydrogens (tertiary/aromatic N) is 1. The summed E-state index contributed by atoms with van der Waals surface area (Å²) in [5, 5.41) is 14.8. The highest BCUT2D eigenvalue weighted by Gasteiger charge is 2.43. The van der Waals surface area contributed by atoms with Gasteiger partial charge in [-0.25, -0.2) is 9.59 Å². The summed E-state index contributed by atoms with van der Waals surface area (Å²) < 4.78 is 51.4. The van der Waals surface area contributed by atoms with Crippen molar-refractivity contribution in [2.24, 2.45) is 5.92 Å². The highest BCUT2D eigenvalue weighted by molar-refractivity contribution is 8.03. The summed E-state index contributed by atoms with van der Waals surface area (Å²) in [5.74, 6) is -1.81. The Labute approximate surface area is 234 Å². The van der Waals surface area contributed by atoms with E-state index in [9.17, 15) is 32.7 Å². The maximum Gasteiger partial charge on any atom is 0.416 e. The van der Waals surface area contributed by atoms with Crippen LogP contribution in [0.25, 0.3) is 0 Å². The van der Waals surface area contributed by atoms with Gasteiger partial charge in [0, 0.05) is 35.8 Å². The van der Waals surface area contributed by atoms with Crippen LogP contribution in [0.5, 0.6) is 0 Å². The zero-order valence-electron chi connectivity index (χ0n) is 22.3. The number of alkyl carbamates (subject to hydrolysis) is 1. The Hall–Kier alpha value is -2.77. The Morgan fingerprint density at radius 3 is 2.62 bits per heavy atom. The van der Waals surface area contributed by atoms with E-state index in [0.29, 0.717) is 45.1 Å². The number of morpholine rings is 1. The average molecular weight is 586 g/mol. The number of halogens is 3. The number of rotatable bonds is 10. The van der Waals surface area contributed by atoms with E-state index >= 15 is 0 Å². The third kappa shape index (κ3) is 7.29. The molecule has 2 fully saturated rings. The van der Waals surface area contributed by atoms with Gasteiger partial charge in [0.2, 0.25) is 0 Å². The molecule has 2 unspecified atom stereocenters. The molecule has 3 aliphatic rings. The van der Waals surface area contributed by atoms with Gasteiger partial charge in [0.15, 0.2) is 0 Å². The molecule has 0 spiro atoms. The van der Waals surface area contributed by atoms with Crippen LogP contribution < -0.4 is 10.6 Å². The van der Waals surface area contributed by atoms with Crippen LogP contribution in [0.3, 0.4) is 0 Å². The van der Waals surface area contributed by atoms with Gasteiger partial charge >= 0.3 is 18.2 Å². The summed E-state index contributed by atoms with van der Waals surface area (Å²) in [5.41, 5.74) is -1.20. The number of hydrogen-bond donors (Lipinski definition) is 3. The van der Waals surface area contributed by atoms with Gasteiger partial charge in [0.1, 0.15) is 6.10 Å². The first kappa shape index (κ1) is 30.2. The van der Waals surface area contributed by atoms with E-state index in [0.717, 1.165) is 23.8 Å². The van der Waals surface area contributed by atoms with Crippen molar-refractivity contribution in [1.29, 1.82) is 0 Å². The van der Waals surface area contributed by atoms with E-state index in [1.54, 1.807) is 0 Å². The van der Waals surface area contributed by atoms with Crippen LogP contribution in [0.4, 0.5) is 18.0 Å².